The molecule has 0 unspecified atom stereocenters. The topological polar surface area (TPSA) is 82.6 Å². The van der Waals surface area contributed by atoms with Gasteiger partial charge < -0.3 is 15.0 Å². The average molecular weight is 375 g/mol. The Morgan fingerprint density at radius 3 is 2.79 bits per heavy atom. The number of aromatic nitrogens is 2. The van der Waals surface area contributed by atoms with Crippen LogP contribution < -0.4 is 15.1 Å². The maximum absolute atomic E-state index is 12.0. The molecule has 28 heavy (non-hydrogen) atoms. The molecule has 4 rings (SSSR count). The quantitative estimate of drug-likeness (QED) is 0.531. The van der Waals surface area contributed by atoms with Gasteiger partial charge in [-0.1, -0.05) is 0 Å². The van der Waals surface area contributed by atoms with Gasteiger partial charge in [0.15, 0.2) is 0 Å². The zero-order valence-electron chi connectivity index (χ0n) is 15.8. The number of carbonyl (C=O) groups is 1. The first-order chi connectivity index (χ1) is 13.6. The van der Waals surface area contributed by atoms with E-state index in [4.69, 9.17) is 4.74 Å². The number of pyridine rings is 1. The molecule has 7 nitrogen and oxygen atoms in total. The van der Waals surface area contributed by atoms with Gasteiger partial charge in [-0.2, -0.15) is 5.10 Å². The molecule has 0 aliphatic carbocycles. The number of hydrazone groups is 1. The maximum Gasteiger partial charge on any atom is 0.253 e. The number of ether oxygens (including phenoxy) is 1. The third-order valence-electron chi connectivity index (χ3n) is 4.69. The highest BCUT2D eigenvalue weighted by molar-refractivity contribution is 5.97. The standard InChI is InChI=1S/C21H21N5O2/c1-26(24-13-14-3-5-16(28-2)6-4-14)20-11-15(7-9-22-20)19-12-17-18(25-19)8-10-23-21(17)27/h3-7,9,11-13,25H,8,10H2,1-2H3,(H,23,27)/b24-13+. The van der Waals surface area contributed by atoms with Gasteiger partial charge in [0, 0.05) is 43.2 Å². The summed E-state index contributed by atoms with van der Waals surface area (Å²) in [4.78, 5) is 19.7. The van der Waals surface area contributed by atoms with E-state index < -0.39 is 0 Å². The zero-order chi connectivity index (χ0) is 19.5. The molecule has 2 aromatic heterocycles. The van der Waals surface area contributed by atoms with Crippen molar-refractivity contribution in [1.82, 2.24) is 15.3 Å². The summed E-state index contributed by atoms with van der Waals surface area (Å²) in [7, 11) is 3.49. The van der Waals surface area contributed by atoms with Gasteiger partial charge in [0.05, 0.1) is 18.9 Å². The summed E-state index contributed by atoms with van der Waals surface area (Å²) in [5.74, 6) is 1.49. The van der Waals surface area contributed by atoms with Crippen LogP contribution >= 0.6 is 0 Å². The number of nitrogens with one attached hydrogen (secondary N) is 2. The van der Waals surface area contributed by atoms with Crippen LogP contribution in [0.15, 0.2) is 53.8 Å². The van der Waals surface area contributed by atoms with Crippen LogP contribution in [0.5, 0.6) is 5.75 Å². The van der Waals surface area contributed by atoms with Gasteiger partial charge in [-0.25, -0.2) is 4.98 Å². The van der Waals surface area contributed by atoms with Crippen LogP contribution in [0.3, 0.4) is 0 Å². The van der Waals surface area contributed by atoms with Crippen LogP contribution in [0.4, 0.5) is 5.82 Å². The molecule has 1 aliphatic rings. The van der Waals surface area contributed by atoms with Crippen molar-refractivity contribution in [3.63, 3.8) is 0 Å². The summed E-state index contributed by atoms with van der Waals surface area (Å²) in [6.07, 6.45) is 4.32. The highest BCUT2D eigenvalue weighted by atomic mass is 16.5. The first kappa shape index (κ1) is 17.8. The summed E-state index contributed by atoms with van der Waals surface area (Å²) in [6.45, 7) is 0.663. The van der Waals surface area contributed by atoms with Crippen LogP contribution in [0.2, 0.25) is 0 Å². The lowest BCUT2D eigenvalue weighted by Crippen LogP contribution is -2.31. The fourth-order valence-electron chi connectivity index (χ4n) is 3.11. The van der Waals surface area contributed by atoms with Crippen molar-refractivity contribution < 1.29 is 9.53 Å². The number of fused-ring (bicyclic) bond motifs is 1. The second-order valence-corrected chi connectivity index (χ2v) is 6.53. The molecular weight excluding hydrogens is 354 g/mol. The number of hydrogen-bond donors (Lipinski definition) is 2. The number of rotatable bonds is 5. The highest BCUT2D eigenvalue weighted by Crippen LogP contribution is 2.26. The summed E-state index contributed by atoms with van der Waals surface area (Å²) in [6, 6.07) is 13.4. The second kappa shape index (κ2) is 7.56. The van der Waals surface area contributed by atoms with E-state index in [1.165, 1.54) is 0 Å². The minimum absolute atomic E-state index is 0.0285. The fraction of sp³-hybridized carbons (Fsp3) is 0.190. The molecule has 2 N–H and O–H groups in total. The smallest absolute Gasteiger partial charge is 0.253 e. The number of aromatic amines is 1. The van der Waals surface area contributed by atoms with Crippen molar-refractivity contribution in [1.29, 1.82) is 0 Å². The predicted octanol–water partition coefficient (Wildman–Crippen LogP) is 2.84. The molecule has 0 radical (unpaired) electrons. The Morgan fingerprint density at radius 2 is 2.04 bits per heavy atom. The van der Waals surface area contributed by atoms with Crippen molar-refractivity contribution in [3.8, 4) is 17.0 Å². The molecule has 1 amide bonds. The molecule has 0 fully saturated rings. The Labute approximate surface area is 163 Å². The van der Waals surface area contributed by atoms with Gasteiger partial charge in [-0.3, -0.25) is 9.80 Å². The van der Waals surface area contributed by atoms with E-state index in [0.717, 1.165) is 34.7 Å². The van der Waals surface area contributed by atoms with Crippen LogP contribution in [0.25, 0.3) is 11.3 Å². The van der Waals surface area contributed by atoms with E-state index in [9.17, 15) is 4.79 Å². The summed E-state index contributed by atoms with van der Waals surface area (Å²) in [5, 5.41) is 9.04. The van der Waals surface area contributed by atoms with Gasteiger partial charge in [-0.15, -0.1) is 0 Å². The summed E-state index contributed by atoms with van der Waals surface area (Å²) in [5.41, 5.74) is 4.51. The number of nitrogens with zero attached hydrogens (tertiary/aromatic N) is 3. The molecular formula is C21H21N5O2. The summed E-state index contributed by atoms with van der Waals surface area (Å²) >= 11 is 0. The Balaban J connectivity index is 1.54. The van der Waals surface area contributed by atoms with Crippen molar-refractivity contribution in [2.45, 2.75) is 6.42 Å². The van der Waals surface area contributed by atoms with Crippen LogP contribution in [-0.2, 0) is 6.42 Å². The zero-order valence-corrected chi connectivity index (χ0v) is 15.8. The minimum Gasteiger partial charge on any atom is -0.497 e. The molecule has 0 saturated carbocycles. The van der Waals surface area contributed by atoms with Gasteiger partial charge in [0.25, 0.3) is 5.91 Å². The van der Waals surface area contributed by atoms with E-state index in [1.54, 1.807) is 24.5 Å². The summed E-state index contributed by atoms with van der Waals surface area (Å²) < 4.78 is 5.16. The number of H-pyrrole nitrogens is 1. The van der Waals surface area contributed by atoms with Gasteiger partial charge >= 0.3 is 0 Å². The predicted molar refractivity (Wildman–Crippen MR) is 109 cm³/mol. The maximum atomic E-state index is 12.0. The third kappa shape index (κ3) is 3.59. The van der Waals surface area contributed by atoms with Gasteiger partial charge in [0.1, 0.15) is 11.6 Å². The number of amides is 1. The van der Waals surface area contributed by atoms with Crippen LogP contribution in [0.1, 0.15) is 21.6 Å². The molecule has 142 valence electrons. The second-order valence-electron chi connectivity index (χ2n) is 6.53. The number of benzene rings is 1. The molecule has 0 saturated heterocycles. The number of carbonyl (C=O) groups excluding carboxylic acids is 1. The normalized spacial score (nSPS) is 13.3. The van der Waals surface area contributed by atoms with Crippen molar-refractivity contribution in [3.05, 3.63) is 65.5 Å². The molecule has 0 spiro atoms. The average Bonchev–Trinajstić information content (AvgIpc) is 3.18. The number of anilines is 1. The molecule has 1 aromatic carbocycles. The lowest BCUT2D eigenvalue weighted by Gasteiger charge is -2.12. The Bertz CT molecular complexity index is 1020. The highest BCUT2D eigenvalue weighted by Gasteiger charge is 2.20. The van der Waals surface area contributed by atoms with Gasteiger partial charge in [-0.05, 0) is 48.0 Å². The molecule has 1 aliphatic heterocycles. The molecule has 3 aromatic rings. The number of hydrogen-bond acceptors (Lipinski definition) is 5. The van der Waals surface area contributed by atoms with E-state index in [0.29, 0.717) is 17.9 Å². The van der Waals surface area contributed by atoms with E-state index in [2.05, 4.69) is 20.4 Å². The molecule has 3 heterocycles. The van der Waals surface area contributed by atoms with Crippen molar-refractivity contribution in [2.24, 2.45) is 5.10 Å². The first-order valence-corrected chi connectivity index (χ1v) is 9.02. The third-order valence-corrected chi connectivity index (χ3v) is 4.69. The number of methoxy groups -OCH3 is 1. The molecule has 0 atom stereocenters. The van der Waals surface area contributed by atoms with E-state index >= 15 is 0 Å². The lowest BCUT2D eigenvalue weighted by molar-refractivity contribution is 0.0946. The van der Waals surface area contributed by atoms with Crippen LogP contribution in [-0.4, -0.2) is 42.8 Å². The van der Waals surface area contributed by atoms with Crippen LogP contribution in [0, 0.1) is 0 Å². The van der Waals surface area contributed by atoms with Crippen molar-refractivity contribution in [2.75, 3.05) is 25.7 Å². The minimum atomic E-state index is -0.0285. The van der Waals surface area contributed by atoms with Gasteiger partial charge in [0.2, 0.25) is 0 Å². The Morgan fingerprint density at radius 1 is 1.21 bits per heavy atom. The SMILES string of the molecule is COc1ccc(/C=N/N(C)c2cc(-c3cc4c([nH]3)CCNC4=O)ccn2)cc1. The largest absolute Gasteiger partial charge is 0.497 e. The fourth-order valence-corrected chi connectivity index (χ4v) is 3.11. The van der Waals surface area contributed by atoms with E-state index in [-0.39, 0.29) is 5.91 Å². The molecule has 0 bridgehead atoms. The Kier molecular flexibility index (Phi) is 4.80. The van der Waals surface area contributed by atoms with E-state index in [1.807, 2.05) is 49.5 Å². The molecule has 7 heteroatoms. The lowest BCUT2D eigenvalue weighted by atomic mass is 10.1. The first-order valence-electron chi connectivity index (χ1n) is 9.02. The van der Waals surface area contributed by atoms with Crippen molar-refractivity contribution >= 4 is 17.9 Å². The Hall–Kier alpha value is -3.61. The monoisotopic (exact) mass is 375 g/mol.